The van der Waals surface area contributed by atoms with E-state index in [1.807, 2.05) is 0 Å². The van der Waals surface area contributed by atoms with Crippen molar-refractivity contribution in [3.8, 4) is 0 Å². The van der Waals surface area contributed by atoms with Gasteiger partial charge < -0.3 is 10.1 Å². The molecule has 1 rings (SSSR count). The molecule has 1 unspecified atom stereocenters. The average Bonchev–Trinajstić information content (AvgIpc) is 2.39. The molecule has 0 bridgehead atoms. The van der Waals surface area contributed by atoms with E-state index >= 15 is 0 Å². The second-order valence-electron chi connectivity index (χ2n) is 5.71. The molecule has 0 heterocycles. The molecule has 1 aliphatic rings. The summed E-state index contributed by atoms with van der Waals surface area (Å²) in [6.45, 7) is 5.25. The van der Waals surface area contributed by atoms with Gasteiger partial charge in [-0.05, 0) is 31.1 Å². The van der Waals surface area contributed by atoms with Crippen molar-refractivity contribution in [2.75, 3.05) is 19.8 Å². The van der Waals surface area contributed by atoms with Gasteiger partial charge in [0.05, 0.1) is 6.61 Å². The van der Waals surface area contributed by atoms with E-state index in [-0.39, 0.29) is 0 Å². The van der Waals surface area contributed by atoms with E-state index in [9.17, 15) is 8.78 Å². The molecule has 1 N–H and O–H groups in total. The third kappa shape index (κ3) is 6.94. The molecule has 4 heteroatoms. The molecule has 0 aliphatic heterocycles. The average molecular weight is 249 g/mol. The lowest BCUT2D eigenvalue weighted by atomic mass is 9.85. The molecule has 1 aliphatic carbocycles. The van der Waals surface area contributed by atoms with Crippen LogP contribution in [0.1, 0.15) is 46.0 Å². The first-order chi connectivity index (χ1) is 7.99. The van der Waals surface area contributed by atoms with E-state index in [1.165, 1.54) is 32.1 Å². The van der Waals surface area contributed by atoms with Crippen molar-refractivity contribution in [1.82, 2.24) is 5.32 Å². The minimum atomic E-state index is -2.35. The van der Waals surface area contributed by atoms with Crippen LogP contribution in [0.25, 0.3) is 0 Å². The van der Waals surface area contributed by atoms with Gasteiger partial charge in [-0.2, -0.15) is 0 Å². The highest BCUT2D eigenvalue weighted by Gasteiger charge is 2.23. The number of hydrogen-bond acceptors (Lipinski definition) is 2. The van der Waals surface area contributed by atoms with Crippen LogP contribution in [0.5, 0.6) is 0 Å². The highest BCUT2D eigenvalue weighted by atomic mass is 19.3. The number of nitrogens with one attached hydrogen (secondary N) is 1. The lowest BCUT2D eigenvalue weighted by Crippen LogP contribution is -2.32. The molecular weight excluding hydrogens is 224 g/mol. The molecular formula is C13H25F2NO. The van der Waals surface area contributed by atoms with E-state index in [0.29, 0.717) is 24.6 Å². The molecule has 0 radical (unpaired) electrons. The molecule has 0 aromatic carbocycles. The van der Waals surface area contributed by atoms with Crippen molar-refractivity contribution >= 4 is 0 Å². The maximum atomic E-state index is 11.8. The zero-order valence-electron chi connectivity index (χ0n) is 11.0. The Morgan fingerprint density at radius 2 is 2.06 bits per heavy atom. The van der Waals surface area contributed by atoms with Crippen LogP contribution in [0.3, 0.4) is 0 Å². The summed E-state index contributed by atoms with van der Waals surface area (Å²) in [5.41, 5.74) is 0.461. The molecule has 102 valence electrons. The van der Waals surface area contributed by atoms with Crippen molar-refractivity contribution in [3.63, 3.8) is 0 Å². The van der Waals surface area contributed by atoms with Gasteiger partial charge >= 0.3 is 0 Å². The first-order valence-electron chi connectivity index (χ1n) is 6.59. The molecule has 0 saturated heterocycles. The molecule has 1 fully saturated rings. The molecule has 0 aromatic heterocycles. The van der Waals surface area contributed by atoms with Crippen molar-refractivity contribution in [1.29, 1.82) is 0 Å². The summed E-state index contributed by atoms with van der Waals surface area (Å²) in [5, 5.41) is 3.40. The van der Waals surface area contributed by atoms with Crippen LogP contribution in [-0.2, 0) is 4.74 Å². The van der Waals surface area contributed by atoms with Crippen LogP contribution in [0.4, 0.5) is 8.78 Å². The van der Waals surface area contributed by atoms with Crippen LogP contribution in [-0.4, -0.2) is 32.2 Å². The summed E-state index contributed by atoms with van der Waals surface area (Å²) in [7, 11) is 0. The highest BCUT2D eigenvalue weighted by Crippen LogP contribution is 2.33. The van der Waals surface area contributed by atoms with E-state index in [0.717, 1.165) is 0 Å². The van der Waals surface area contributed by atoms with E-state index in [2.05, 4.69) is 19.2 Å². The quantitative estimate of drug-likeness (QED) is 0.576. The number of rotatable bonds is 6. The normalized spacial score (nSPS) is 24.9. The van der Waals surface area contributed by atoms with Gasteiger partial charge in [0.2, 0.25) is 0 Å². The predicted octanol–water partition coefficient (Wildman–Crippen LogP) is 3.22. The Kier molecular flexibility index (Phi) is 6.34. The van der Waals surface area contributed by atoms with Gasteiger partial charge in [-0.1, -0.05) is 20.3 Å². The summed E-state index contributed by atoms with van der Waals surface area (Å²) < 4.78 is 28.5. The molecule has 2 nitrogen and oxygen atoms in total. The Morgan fingerprint density at radius 1 is 1.29 bits per heavy atom. The Morgan fingerprint density at radius 3 is 2.76 bits per heavy atom. The van der Waals surface area contributed by atoms with Crippen molar-refractivity contribution < 1.29 is 13.5 Å². The molecule has 0 amide bonds. The van der Waals surface area contributed by atoms with Gasteiger partial charge in [-0.15, -0.1) is 0 Å². The third-order valence-corrected chi connectivity index (χ3v) is 3.50. The number of alkyl halides is 2. The van der Waals surface area contributed by atoms with Crippen molar-refractivity contribution in [2.45, 2.75) is 58.4 Å². The second kappa shape index (κ2) is 7.27. The second-order valence-corrected chi connectivity index (χ2v) is 5.71. The van der Waals surface area contributed by atoms with Crippen LogP contribution < -0.4 is 5.32 Å². The summed E-state index contributed by atoms with van der Waals surface area (Å²) in [4.78, 5) is 0. The van der Waals surface area contributed by atoms with Gasteiger partial charge in [-0.25, -0.2) is 8.78 Å². The zero-order chi connectivity index (χ0) is 12.7. The van der Waals surface area contributed by atoms with Crippen molar-refractivity contribution in [2.24, 2.45) is 5.41 Å². The maximum absolute atomic E-state index is 11.8. The Labute approximate surface area is 103 Å². The van der Waals surface area contributed by atoms with E-state index in [1.54, 1.807) is 0 Å². The molecule has 17 heavy (non-hydrogen) atoms. The van der Waals surface area contributed by atoms with Gasteiger partial charge in [0.25, 0.3) is 6.43 Å². The van der Waals surface area contributed by atoms with E-state index < -0.39 is 13.0 Å². The van der Waals surface area contributed by atoms with Crippen LogP contribution in [0.15, 0.2) is 0 Å². The standard InChI is InChI=1S/C13H25F2NO/c1-13(2)6-3-4-11(5-7-13)16-8-9-17-10-12(14)15/h11-12,16H,3-10H2,1-2H3. The SMILES string of the molecule is CC1(C)CCCC(NCCOCC(F)F)CC1. The molecule has 1 saturated carbocycles. The number of hydrogen-bond donors (Lipinski definition) is 1. The zero-order valence-corrected chi connectivity index (χ0v) is 11.0. The Hall–Kier alpha value is -0.220. The molecule has 0 aromatic rings. The topological polar surface area (TPSA) is 21.3 Å². The highest BCUT2D eigenvalue weighted by molar-refractivity contribution is 4.79. The third-order valence-electron chi connectivity index (χ3n) is 3.50. The summed E-state index contributed by atoms with van der Waals surface area (Å²) in [6, 6.07) is 0.534. The van der Waals surface area contributed by atoms with Gasteiger partial charge in [0, 0.05) is 12.6 Å². The summed E-state index contributed by atoms with van der Waals surface area (Å²) in [5.74, 6) is 0. The fourth-order valence-electron chi connectivity index (χ4n) is 2.37. The predicted molar refractivity (Wildman–Crippen MR) is 65.5 cm³/mol. The smallest absolute Gasteiger partial charge is 0.261 e. The monoisotopic (exact) mass is 249 g/mol. The Balaban J connectivity index is 2.07. The minimum Gasteiger partial charge on any atom is -0.374 e. The van der Waals surface area contributed by atoms with Gasteiger partial charge in [0.15, 0.2) is 0 Å². The lowest BCUT2D eigenvalue weighted by Gasteiger charge is -2.22. The van der Waals surface area contributed by atoms with Crippen LogP contribution in [0, 0.1) is 5.41 Å². The van der Waals surface area contributed by atoms with Gasteiger partial charge in [0.1, 0.15) is 6.61 Å². The molecule has 1 atom stereocenters. The fourth-order valence-corrected chi connectivity index (χ4v) is 2.37. The maximum Gasteiger partial charge on any atom is 0.261 e. The Bertz CT molecular complexity index is 210. The van der Waals surface area contributed by atoms with Gasteiger partial charge in [-0.3, -0.25) is 0 Å². The van der Waals surface area contributed by atoms with Crippen molar-refractivity contribution in [3.05, 3.63) is 0 Å². The minimum absolute atomic E-state index is 0.379. The first-order valence-corrected chi connectivity index (χ1v) is 6.59. The molecule has 0 spiro atoms. The van der Waals surface area contributed by atoms with E-state index in [4.69, 9.17) is 4.74 Å². The van der Waals surface area contributed by atoms with Crippen LogP contribution in [0.2, 0.25) is 0 Å². The number of ether oxygens (including phenoxy) is 1. The van der Waals surface area contributed by atoms with Crippen LogP contribution >= 0.6 is 0 Å². The number of halogens is 2. The largest absolute Gasteiger partial charge is 0.374 e. The lowest BCUT2D eigenvalue weighted by molar-refractivity contribution is 0.0181. The summed E-state index contributed by atoms with van der Waals surface area (Å²) in [6.07, 6.45) is 3.80. The summed E-state index contributed by atoms with van der Waals surface area (Å²) >= 11 is 0. The fraction of sp³-hybridized carbons (Fsp3) is 1.00. The first kappa shape index (κ1) is 14.8.